The molecule has 5 heteroatoms. The third-order valence-corrected chi connectivity index (χ3v) is 4.36. The lowest BCUT2D eigenvalue weighted by Crippen LogP contribution is -2.49. The standard InChI is InChI=1S/C15H24N2O3/c1-12(10-14(18)19)13-6-5-9-17(11-13)15(20)16-7-3-2-4-8-16/h2-3,12-13H,4-11H2,1H3,(H,18,19). The van der Waals surface area contributed by atoms with E-state index < -0.39 is 5.97 Å². The van der Waals surface area contributed by atoms with Gasteiger partial charge in [-0.3, -0.25) is 4.79 Å². The largest absolute Gasteiger partial charge is 0.481 e. The third kappa shape index (κ3) is 3.74. The van der Waals surface area contributed by atoms with Crippen LogP contribution in [0.15, 0.2) is 12.2 Å². The monoisotopic (exact) mass is 280 g/mol. The lowest BCUT2D eigenvalue weighted by molar-refractivity contribution is -0.138. The molecule has 2 heterocycles. The van der Waals surface area contributed by atoms with Crippen molar-refractivity contribution in [3.63, 3.8) is 0 Å². The molecule has 0 aromatic heterocycles. The molecule has 0 spiro atoms. The van der Waals surface area contributed by atoms with Crippen molar-refractivity contribution < 1.29 is 14.7 Å². The number of aliphatic carboxylic acids is 1. The Morgan fingerprint density at radius 3 is 2.75 bits per heavy atom. The minimum absolute atomic E-state index is 0.113. The van der Waals surface area contributed by atoms with Crippen LogP contribution in [-0.2, 0) is 4.79 Å². The van der Waals surface area contributed by atoms with Crippen LogP contribution < -0.4 is 0 Å². The summed E-state index contributed by atoms with van der Waals surface area (Å²) in [6.07, 6.45) is 7.27. The first-order chi connectivity index (χ1) is 9.58. The fourth-order valence-corrected chi connectivity index (χ4v) is 3.11. The molecule has 5 nitrogen and oxygen atoms in total. The van der Waals surface area contributed by atoms with Crippen LogP contribution in [0, 0.1) is 11.8 Å². The number of carbonyl (C=O) groups is 2. The number of carbonyl (C=O) groups excluding carboxylic acids is 1. The summed E-state index contributed by atoms with van der Waals surface area (Å²) in [6.45, 7) is 4.98. The van der Waals surface area contributed by atoms with Gasteiger partial charge in [0, 0.05) is 32.6 Å². The number of carboxylic acid groups (broad SMARTS) is 1. The number of amides is 2. The Kier molecular flexibility index (Phi) is 5.04. The van der Waals surface area contributed by atoms with Crippen molar-refractivity contribution in [3.05, 3.63) is 12.2 Å². The number of urea groups is 1. The second-order valence-corrected chi connectivity index (χ2v) is 5.91. The van der Waals surface area contributed by atoms with Crippen molar-refractivity contribution in [1.29, 1.82) is 0 Å². The van der Waals surface area contributed by atoms with E-state index in [1.807, 2.05) is 22.8 Å². The summed E-state index contributed by atoms with van der Waals surface area (Å²) in [6, 6.07) is 0.113. The van der Waals surface area contributed by atoms with Gasteiger partial charge in [0.15, 0.2) is 0 Å². The van der Waals surface area contributed by atoms with Gasteiger partial charge in [0.05, 0.1) is 0 Å². The molecule has 2 unspecified atom stereocenters. The van der Waals surface area contributed by atoms with E-state index in [0.29, 0.717) is 19.0 Å². The van der Waals surface area contributed by atoms with Crippen LogP contribution in [0.5, 0.6) is 0 Å². The summed E-state index contributed by atoms with van der Waals surface area (Å²) >= 11 is 0. The van der Waals surface area contributed by atoms with Crippen molar-refractivity contribution in [2.24, 2.45) is 11.8 Å². The first-order valence-corrected chi connectivity index (χ1v) is 7.48. The molecule has 0 bridgehead atoms. The summed E-state index contributed by atoms with van der Waals surface area (Å²) in [5.41, 5.74) is 0. The minimum atomic E-state index is -0.748. The minimum Gasteiger partial charge on any atom is -0.481 e. The highest BCUT2D eigenvalue weighted by atomic mass is 16.4. The molecule has 0 aromatic rings. The molecule has 0 saturated carbocycles. The van der Waals surface area contributed by atoms with E-state index in [2.05, 4.69) is 6.08 Å². The Hall–Kier alpha value is -1.52. The van der Waals surface area contributed by atoms with Crippen molar-refractivity contribution in [2.45, 2.75) is 32.6 Å². The highest BCUT2D eigenvalue weighted by Gasteiger charge is 2.30. The third-order valence-electron chi connectivity index (χ3n) is 4.36. The van der Waals surface area contributed by atoms with E-state index >= 15 is 0 Å². The molecule has 20 heavy (non-hydrogen) atoms. The maximum atomic E-state index is 12.4. The number of piperidine rings is 1. The maximum absolute atomic E-state index is 12.4. The number of hydrogen-bond acceptors (Lipinski definition) is 2. The van der Waals surface area contributed by atoms with E-state index in [9.17, 15) is 9.59 Å². The number of rotatable bonds is 3. The lowest BCUT2D eigenvalue weighted by Gasteiger charge is -2.38. The van der Waals surface area contributed by atoms with E-state index in [0.717, 1.165) is 32.4 Å². The number of nitrogens with zero attached hydrogens (tertiary/aromatic N) is 2. The predicted molar refractivity (Wildman–Crippen MR) is 76.4 cm³/mol. The molecule has 0 aromatic carbocycles. The normalized spacial score (nSPS) is 24.6. The Bertz CT molecular complexity index is 395. The Labute approximate surface area is 120 Å². The molecular weight excluding hydrogens is 256 g/mol. The second-order valence-electron chi connectivity index (χ2n) is 5.91. The Morgan fingerprint density at radius 1 is 1.30 bits per heavy atom. The topological polar surface area (TPSA) is 60.9 Å². The van der Waals surface area contributed by atoms with Gasteiger partial charge in [0.1, 0.15) is 0 Å². The molecule has 2 aliphatic rings. The van der Waals surface area contributed by atoms with Crippen molar-refractivity contribution in [1.82, 2.24) is 9.80 Å². The number of carboxylic acids is 1. The van der Waals surface area contributed by atoms with Crippen LogP contribution in [0.1, 0.15) is 32.6 Å². The van der Waals surface area contributed by atoms with Crippen molar-refractivity contribution in [3.8, 4) is 0 Å². The van der Waals surface area contributed by atoms with Gasteiger partial charge in [-0.15, -0.1) is 0 Å². The quantitative estimate of drug-likeness (QED) is 0.806. The molecule has 2 aliphatic heterocycles. The molecule has 2 amide bonds. The summed E-state index contributed by atoms with van der Waals surface area (Å²) in [5, 5.41) is 8.90. The van der Waals surface area contributed by atoms with Crippen molar-refractivity contribution >= 4 is 12.0 Å². The zero-order valence-electron chi connectivity index (χ0n) is 12.1. The lowest BCUT2D eigenvalue weighted by atomic mass is 9.85. The Morgan fingerprint density at radius 2 is 2.10 bits per heavy atom. The molecule has 1 fully saturated rings. The molecule has 2 rings (SSSR count). The average Bonchev–Trinajstić information content (AvgIpc) is 2.47. The van der Waals surface area contributed by atoms with Crippen LogP contribution in [0.4, 0.5) is 4.79 Å². The van der Waals surface area contributed by atoms with Gasteiger partial charge in [-0.05, 0) is 31.1 Å². The van der Waals surface area contributed by atoms with Crippen LogP contribution in [0.2, 0.25) is 0 Å². The summed E-state index contributed by atoms with van der Waals surface area (Å²) in [4.78, 5) is 27.1. The number of likely N-dealkylation sites (tertiary alicyclic amines) is 1. The molecule has 2 atom stereocenters. The van der Waals surface area contributed by atoms with Gasteiger partial charge in [-0.2, -0.15) is 0 Å². The molecule has 0 radical (unpaired) electrons. The summed E-state index contributed by atoms with van der Waals surface area (Å²) in [7, 11) is 0. The zero-order valence-corrected chi connectivity index (χ0v) is 12.1. The SMILES string of the molecule is CC(CC(=O)O)C1CCCN(C(=O)N2CC=CCC2)C1. The van der Waals surface area contributed by atoms with Gasteiger partial charge in [-0.25, -0.2) is 4.79 Å². The van der Waals surface area contributed by atoms with E-state index in [4.69, 9.17) is 5.11 Å². The van der Waals surface area contributed by atoms with Crippen LogP contribution in [0.3, 0.4) is 0 Å². The van der Waals surface area contributed by atoms with E-state index in [1.165, 1.54) is 0 Å². The summed E-state index contributed by atoms with van der Waals surface area (Å²) in [5.74, 6) is -0.310. The van der Waals surface area contributed by atoms with Crippen LogP contribution in [-0.4, -0.2) is 53.1 Å². The van der Waals surface area contributed by atoms with Gasteiger partial charge < -0.3 is 14.9 Å². The first-order valence-electron chi connectivity index (χ1n) is 7.48. The molecule has 1 saturated heterocycles. The van der Waals surface area contributed by atoms with Crippen LogP contribution >= 0.6 is 0 Å². The van der Waals surface area contributed by atoms with Crippen LogP contribution in [0.25, 0.3) is 0 Å². The van der Waals surface area contributed by atoms with Gasteiger partial charge >= 0.3 is 12.0 Å². The zero-order chi connectivity index (χ0) is 14.5. The second kappa shape index (κ2) is 6.77. The van der Waals surface area contributed by atoms with Gasteiger partial charge in [0.25, 0.3) is 0 Å². The Balaban J connectivity index is 1.90. The van der Waals surface area contributed by atoms with Crippen molar-refractivity contribution in [2.75, 3.05) is 26.2 Å². The van der Waals surface area contributed by atoms with Gasteiger partial charge in [-0.1, -0.05) is 19.1 Å². The predicted octanol–water partition coefficient (Wildman–Crippen LogP) is 2.19. The fraction of sp³-hybridized carbons (Fsp3) is 0.733. The summed E-state index contributed by atoms with van der Waals surface area (Å²) < 4.78 is 0. The van der Waals surface area contributed by atoms with E-state index in [1.54, 1.807) is 0 Å². The molecular formula is C15H24N2O3. The maximum Gasteiger partial charge on any atom is 0.320 e. The molecule has 0 aliphatic carbocycles. The molecule has 112 valence electrons. The first kappa shape index (κ1) is 14.9. The number of hydrogen-bond donors (Lipinski definition) is 1. The fourth-order valence-electron chi connectivity index (χ4n) is 3.11. The average molecular weight is 280 g/mol. The van der Waals surface area contributed by atoms with Gasteiger partial charge in [0.2, 0.25) is 0 Å². The smallest absolute Gasteiger partial charge is 0.320 e. The highest BCUT2D eigenvalue weighted by molar-refractivity contribution is 5.75. The highest BCUT2D eigenvalue weighted by Crippen LogP contribution is 2.26. The van der Waals surface area contributed by atoms with E-state index in [-0.39, 0.29) is 18.4 Å². The molecule has 1 N–H and O–H groups in total.